The van der Waals surface area contributed by atoms with Crippen LogP contribution in [0, 0.1) is 6.92 Å². The molecular weight excluding hydrogens is 519 g/mol. The van der Waals surface area contributed by atoms with Gasteiger partial charge in [-0.05, 0) is 57.4 Å². The van der Waals surface area contributed by atoms with E-state index in [1.807, 2.05) is 30.0 Å². The Morgan fingerprint density at radius 2 is 1.95 bits per heavy atom. The van der Waals surface area contributed by atoms with Crippen molar-refractivity contribution in [2.24, 2.45) is 0 Å². The normalized spacial score (nSPS) is 22.0. The van der Waals surface area contributed by atoms with E-state index in [0.29, 0.717) is 44.3 Å². The van der Waals surface area contributed by atoms with E-state index in [9.17, 15) is 9.90 Å². The summed E-state index contributed by atoms with van der Waals surface area (Å²) in [5.41, 5.74) is 2.00. The topological polar surface area (TPSA) is 115 Å². The zero-order valence-corrected chi connectivity index (χ0v) is 23.6. The number of likely N-dealkylation sites (tertiary alicyclic amines) is 1. The third-order valence-corrected chi connectivity index (χ3v) is 7.29. The van der Waals surface area contributed by atoms with E-state index in [4.69, 9.17) is 14.2 Å². The van der Waals surface area contributed by atoms with Gasteiger partial charge in [0, 0.05) is 37.0 Å². The average molecular weight is 557 g/mol. The van der Waals surface area contributed by atoms with Crippen LogP contribution in [0.2, 0.25) is 0 Å². The molecule has 0 bridgehead atoms. The summed E-state index contributed by atoms with van der Waals surface area (Å²) in [6, 6.07) is 6.00. The number of aromatic nitrogens is 4. The molecular formula is C28H37FN6O5. The predicted octanol–water partition coefficient (Wildman–Crippen LogP) is 3.39. The van der Waals surface area contributed by atoms with Gasteiger partial charge in [-0.1, -0.05) is 0 Å². The van der Waals surface area contributed by atoms with Crippen LogP contribution in [0.4, 0.5) is 15.0 Å². The van der Waals surface area contributed by atoms with E-state index in [2.05, 4.69) is 15.1 Å². The molecule has 0 radical (unpaired) electrons. The highest BCUT2D eigenvalue weighted by molar-refractivity contribution is 5.82. The molecule has 2 aromatic heterocycles. The maximum absolute atomic E-state index is 15.6. The molecule has 2 fully saturated rings. The van der Waals surface area contributed by atoms with E-state index < -0.39 is 17.9 Å². The van der Waals surface area contributed by atoms with Crippen LogP contribution in [0.1, 0.15) is 44.2 Å². The first-order valence-corrected chi connectivity index (χ1v) is 13.6. The number of benzene rings is 1. The minimum Gasteiger partial charge on any atom is -0.467 e. The number of piperidine rings is 1. The monoisotopic (exact) mass is 556 g/mol. The molecule has 1 aromatic carbocycles. The fourth-order valence-corrected chi connectivity index (χ4v) is 5.33. The lowest BCUT2D eigenvalue weighted by Crippen LogP contribution is -2.46. The number of aliphatic hydroxyl groups excluding tert-OH is 1. The lowest BCUT2D eigenvalue weighted by molar-refractivity contribution is 0.00333. The lowest BCUT2D eigenvalue weighted by atomic mass is 9.85. The van der Waals surface area contributed by atoms with Crippen molar-refractivity contribution >= 4 is 22.8 Å². The molecule has 216 valence electrons. The van der Waals surface area contributed by atoms with Gasteiger partial charge in [0.05, 0.1) is 44.7 Å². The number of aliphatic hydroxyl groups is 1. The molecule has 0 spiro atoms. The summed E-state index contributed by atoms with van der Waals surface area (Å²) in [7, 11) is 1.51. The molecule has 12 heteroatoms. The number of hydrogen-bond donors (Lipinski definition) is 1. The van der Waals surface area contributed by atoms with Gasteiger partial charge in [-0.15, -0.1) is 0 Å². The van der Waals surface area contributed by atoms with Crippen LogP contribution >= 0.6 is 0 Å². The number of ether oxygens (including phenoxy) is 3. The Labute approximate surface area is 232 Å². The van der Waals surface area contributed by atoms with Gasteiger partial charge in [-0.3, -0.25) is 0 Å². The highest BCUT2D eigenvalue weighted by Gasteiger charge is 2.35. The molecule has 3 atom stereocenters. The van der Waals surface area contributed by atoms with E-state index in [0.717, 1.165) is 22.0 Å². The number of anilines is 1. The molecule has 5 rings (SSSR count). The van der Waals surface area contributed by atoms with Crippen molar-refractivity contribution in [3.63, 3.8) is 0 Å². The number of alkyl halides is 1. The number of halogens is 1. The van der Waals surface area contributed by atoms with Crippen LogP contribution in [0.25, 0.3) is 16.7 Å². The zero-order valence-electron chi connectivity index (χ0n) is 23.6. The molecule has 11 nitrogen and oxygen atoms in total. The Bertz CT molecular complexity index is 1380. The number of aryl methyl sites for hydroxylation is 1. The molecule has 0 aliphatic carbocycles. The molecule has 4 heterocycles. The third kappa shape index (κ3) is 5.83. The summed E-state index contributed by atoms with van der Waals surface area (Å²) < 4.78 is 33.7. The first-order valence-electron chi connectivity index (χ1n) is 13.6. The average Bonchev–Trinajstić information content (AvgIpc) is 3.34. The molecule has 1 amide bonds. The summed E-state index contributed by atoms with van der Waals surface area (Å²) in [5.74, 6) is 0.777. The summed E-state index contributed by atoms with van der Waals surface area (Å²) in [6.45, 7) is 9.26. The van der Waals surface area contributed by atoms with Crippen LogP contribution in [0.5, 0.6) is 6.01 Å². The van der Waals surface area contributed by atoms with Crippen molar-refractivity contribution in [2.45, 2.75) is 57.9 Å². The van der Waals surface area contributed by atoms with Crippen molar-refractivity contribution in [3.05, 3.63) is 35.5 Å². The second kappa shape index (κ2) is 11.2. The second-order valence-electron chi connectivity index (χ2n) is 11.4. The van der Waals surface area contributed by atoms with Crippen LogP contribution < -0.4 is 9.64 Å². The smallest absolute Gasteiger partial charge is 0.410 e. The highest BCUT2D eigenvalue weighted by atomic mass is 19.1. The van der Waals surface area contributed by atoms with Gasteiger partial charge in [0.2, 0.25) is 0 Å². The molecule has 3 aromatic rings. The first kappa shape index (κ1) is 28.0. The van der Waals surface area contributed by atoms with E-state index >= 15 is 4.39 Å². The van der Waals surface area contributed by atoms with Gasteiger partial charge in [-0.2, -0.15) is 15.1 Å². The first-order chi connectivity index (χ1) is 19.1. The van der Waals surface area contributed by atoms with Crippen molar-refractivity contribution in [2.75, 3.05) is 51.4 Å². The number of methoxy groups -OCH3 is 1. The van der Waals surface area contributed by atoms with Crippen molar-refractivity contribution in [1.82, 2.24) is 24.6 Å². The molecule has 2 saturated heterocycles. The number of rotatable bonds is 5. The molecule has 2 aliphatic heterocycles. The number of carbonyl (C=O) groups excluding carboxylic acids is 1. The summed E-state index contributed by atoms with van der Waals surface area (Å²) in [6.07, 6.45) is 0.215. The van der Waals surface area contributed by atoms with Crippen molar-refractivity contribution in [3.8, 4) is 11.8 Å². The molecule has 2 aliphatic rings. The van der Waals surface area contributed by atoms with Crippen LogP contribution in [0.15, 0.2) is 24.4 Å². The van der Waals surface area contributed by atoms with Gasteiger partial charge in [0.15, 0.2) is 5.82 Å². The van der Waals surface area contributed by atoms with Gasteiger partial charge < -0.3 is 29.1 Å². The van der Waals surface area contributed by atoms with Crippen molar-refractivity contribution in [1.29, 1.82) is 0 Å². The Morgan fingerprint density at radius 3 is 2.65 bits per heavy atom. The van der Waals surface area contributed by atoms with Gasteiger partial charge >= 0.3 is 12.1 Å². The minimum atomic E-state index is -1.24. The second-order valence-corrected chi connectivity index (χ2v) is 11.4. The summed E-state index contributed by atoms with van der Waals surface area (Å²) >= 11 is 0. The van der Waals surface area contributed by atoms with Gasteiger partial charge in [-0.25, -0.2) is 13.9 Å². The Hall–Kier alpha value is -3.51. The Kier molecular flexibility index (Phi) is 7.83. The number of nitrogens with zero attached hydrogens (tertiary/aromatic N) is 6. The van der Waals surface area contributed by atoms with Crippen LogP contribution in [-0.2, 0) is 9.47 Å². The fourth-order valence-electron chi connectivity index (χ4n) is 5.33. The molecule has 1 N–H and O–H groups in total. The maximum Gasteiger partial charge on any atom is 0.410 e. The number of fused-ring (bicyclic) bond motifs is 1. The third-order valence-electron chi connectivity index (χ3n) is 7.29. The largest absolute Gasteiger partial charge is 0.467 e. The molecule has 0 unspecified atom stereocenters. The van der Waals surface area contributed by atoms with Crippen LogP contribution in [0.3, 0.4) is 0 Å². The zero-order chi connectivity index (χ0) is 28.6. The van der Waals surface area contributed by atoms with Crippen molar-refractivity contribution < 1.29 is 28.5 Å². The number of carbonyl (C=O) groups is 1. The van der Waals surface area contributed by atoms with Crippen LogP contribution in [-0.4, -0.2) is 100 Å². The number of amides is 1. The highest BCUT2D eigenvalue weighted by Crippen LogP contribution is 2.36. The summed E-state index contributed by atoms with van der Waals surface area (Å²) in [4.78, 5) is 25.0. The lowest BCUT2D eigenvalue weighted by Gasteiger charge is -2.36. The van der Waals surface area contributed by atoms with Gasteiger partial charge in [0.1, 0.15) is 17.6 Å². The summed E-state index contributed by atoms with van der Waals surface area (Å²) in [5, 5.41) is 15.1. The number of morpholine rings is 1. The quantitative estimate of drug-likeness (QED) is 0.505. The standard InChI is InChI=1S/C28H37FN6O5/c1-17-10-18-13-30-35(25-12-24(31-26(32-25)38-5)33-8-9-39-19(14-33)16-36)23(18)11-21(17)20-6-7-34(15-22(20)29)27(37)40-28(2,3)4/h10-13,19-20,22,36H,6-9,14-16H2,1-5H3/t19-,20+,22+/m0/s1. The van der Waals surface area contributed by atoms with E-state index in [1.54, 1.807) is 31.6 Å². The SMILES string of the molecule is COc1nc(N2CCO[C@H](CO)C2)cc(-n2ncc3cc(C)c([C@H]4CCN(C(=O)OC(C)(C)C)C[C@H]4F)cc32)n1. The van der Waals surface area contributed by atoms with E-state index in [-0.39, 0.29) is 31.2 Å². The molecule has 40 heavy (non-hydrogen) atoms. The Balaban J connectivity index is 1.45. The predicted molar refractivity (Wildman–Crippen MR) is 147 cm³/mol. The fraction of sp³-hybridized carbons (Fsp3) is 0.571. The minimum absolute atomic E-state index is 0.0167. The number of hydrogen-bond acceptors (Lipinski definition) is 9. The van der Waals surface area contributed by atoms with Gasteiger partial charge in [0.25, 0.3) is 0 Å². The van der Waals surface area contributed by atoms with E-state index in [1.165, 1.54) is 12.0 Å². The molecule has 0 saturated carbocycles. The maximum atomic E-state index is 15.6. The Morgan fingerprint density at radius 1 is 1.18 bits per heavy atom.